The minimum Gasteiger partial charge on any atom is -0.383 e. The number of methoxy groups -OCH3 is 1. The maximum atomic E-state index is 13.5. The van der Waals surface area contributed by atoms with E-state index in [-0.39, 0.29) is 5.82 Å². The standard InChI is InChI=1S/C16H25FN2O/c1-12(2)19(8-9-20-3)16-7-4-14(17)10-13(16)11-18-15-5-6-15/h4,7,10,12,15,18H,5-6,8-9,11H2,1-3H3. The van der Waals surface area contributed by atoms with Crippen LogP contribution in [0.3, 0.4) is 0 Å². The van der Waals surface area contributed by atoms with Gasteiger partial charge in [-0.2, -0.15) is 0 Å². The van der Waals surface area contributed by atoms with E-state index in [1.165, 1.54) is 18.9 Å². The van der Waals surface area contributed by atoms with Crippen LogP contribution in [-0.4, -0.2) is 32.3 Å². The largest absolute Gasteiger partial charge is 0.383 e. The van der Waals surface area contributed by atoms with Crippen molar-refractivity contribution < 1.29 is 9.13 Å². The van der Waals surface area contributed by atoms with Gasteiger partial charge in [-0.05, 0) is 50.5 Å². The van der Waals surface area contributed by atoms with Crippen molar-refractivity contribution in [2.24, 2.45) is 0 Å². The van der Waals surface area contributed by atoms with Gasteiger partial charge in [-0.1, -0.05) is 0 Å². The third-order valence-electron chi connectivity index (χ3n) is 3.67. The van der Waals surface area contributed by atoms with E-state index in [4.69, 9.17) is 4.74 Å². The molecule has 0 radical (unpaired) electrons. The van der Waals surface area contributed by atoms with Crippen molar-refractivity contribution in [2.75, 3.05) is 25.2 Å². The Morgan fingerprint density at radius 2 is 2.15 bits per heavy atom. The molecule has 112 valence electrons. The number of anilines is 1. The molecule has 1 aromatic rings. The van der Waals surface area contributed by atoms with Crippen molar-refractivity contribution in [3.05, 3.63) is 29.6 Å². The lowest BCUT2D eigenvalue weighted by atomic mass is 10.1. The predicted octanol–water partition coefficient (Wildman–Crippen LogP) is 2.94. The molecule has 0 unspecified atom stereocenters. The Morgan fingerprint density at radius 3 is 2.75 bits per heavy atom. The minimum absolute atomic E-state index is 0.170. The summed E-state index contributed by atoms with van der Waals surface area (Å²) in [5, 5.41) is 3.47. The summed E-state index contributed by atoms with van der Waals surface area (Å²) < 4.78 is 18.7. The summed E-state index contributed by atoms with van der Waals surface area (Å²) in [6.45, 7) is 6.52. The molecule has 1 saturated carbocycles. The molecule has 4 heteroatoms. The third kappa shape index (κ3) is 4.18. The first-order valence-electron chi connectivity index (χ1n) is 7.39. The molecule has 0 aliphatic heterocycles. The number of rotatable bonds is 8. The third-order valence-corrected chi connectivity index (χ3v) is 3.67. The van der Waals surface area contributed by atoms with Gasteiger partial charge in [-0.15, -0.1) is 0 Å². The zero-order valence-electron chi connectivity index (χ0n) is 12.7. The van der Waals surface area contributed by atoms with Crippen molar-refractivity contribution in [1.82, 2.24) is 5.32 Å². The van der Waals surface area contributed by atoms with Crippen molar-refractivity contribution >= 4 is 5.69 Å². The van der Waals surface area contributed by atoms with Gasteiger partial charge in [0.25, 0.3) is 0 Å². The average Bonchev–Trinajstić information content (AvgIpc) is 3.22. The van der Waals surface area contributed by atoms with Crippen molar-refractivity contribution in [3.63, 3.8) is 0 Å². The molecule has 1 aliphatic carbocycles. The minimum atomic E-state index is -0.170. The Bertz CT molecular complexity index is 432. The van der Waals surface area contributed by atoms with E-state index < -0.39 is 0 Å². The Balaban J connectivity index is 2.16. The van der Waals surface area contributed by atoms with Gasteiger partial charge < -0.3 is 15.0 Å². The Hall–Kier alpha value is -1.13. The van der Waals surface area contributed by atoms with Crippen LogP contribution in [0.4, 0.5) is 10.1 Å². The highest BCUT2D eigenvalue weighted by Crippen LogP contribution is 2.26. The molecule has 3 nitrogen and oxygen atoms in total. The second-order valence-corrected chi connectivity index (χ2v) is 5.71. The number of halogens is 1. The van der Waals surface area contributed by atoms with Crippen LogP contribution in [0.15, 0.2) is 18.2 Å². The van der Waals surface area contributed by atoms with Gasteiger partial charge in [0.2, 0.25) is 0 Å². The fraction of sp³-hybridized carbons (Fsp3) is 0.625. The summed E-state index contributed by atoms with van der Waals surface area (Å²) in [5.41, 5.74) is 2.13. The average molecular weight is 280 g/mol. The molecular formula is C16H25FN2O. The number of ether oxygens (including phenoxy) is 1. The number of hydrogen-bond acceptors (Lipinski definition) is 3. The molecule has 0 amide bonds. The number of nitrogens with zero attached hydrogens (tertiary/aromatic N) is 1. The molecule has 2 rings (SSSR count). The Labute approximate surface area is 121 Å². The first kappa shape index (κ1) is 15.3. The van der Waals surface area contributed by atoms with E-state index in [2.05, 4.69) is 24.1 Å². The lowest BCUT2D eigenvalue weighted by molar-refractivity contribution is 0.203. The fourth-order valence-corrected chi connectivity index (χ4v) is 2.36. The van der Waals surface area contributed by atoms with Crippen LogP contribution in [0, 0.1) is 5.82 Å². The van der Waals surface area contributed by atoms with Gasteiger partial charge in [0.1, 0.15) is 5.82 Å². The Kier molecular flexibility index (Phi) is 5.38. The fourth-order valence-electron chi connectivity index (χ4n) is 2.36. The van der Waals surface area contributed by atoms with Crippen LogP contribution in [0.1, 0.15) is 32.3 Å². The molecule has 0 bridgehead atoms. The molecule has 0 aromatic heterocycles. The molecular weight excluding hydrogens is 255 g/mol. The number of nitrogens with one attached hydrogen (secondary N) is 1. The van der Waals surface area contributed by atoms with Crippen LogP contribution >= 0.6 is 0 Å². The summed E-state index contributed by atoms with van der Waals surface area (Å²) in [5.74, 6) is -0.170. The van der Waals surface area contributed by atoms with Crippen LogP contribution in [0.5, 0.6) is 0 Å². The van der Waals surface area contributed by atoms with Gasteiger partial charge in [0, 0.05) is 38.0 Å². The topological polar surface area (TPSA) is 24.5 Å². The Morgan fingerprint density at radius 1 is 1.40 bits per heavy atom. The predicted molar refractivity (Wildman–Crippen MR) is 80.6 cm³/mol. The second kappa shape index (κ2) is 7.04. The van der Waals surface area contributed by atoms with Crippen molar-refractivity contribution in [1.29, 1.82) is 0 Å². The van der Waals surface area contributed by atoms with Crippen LogP contribution in [-0.2, 0) is 11.3 Å². The summed E-state index contributed by atoms with van der Waals surface area (Å²) in [4.78, 5) is 2.27. The van der Waals surface area contributed by atoms with E-state index in [0.29, 0.717) is 18.7 Å². The molecule has 0 atom stereocenters. The maximum Gasteiger partial charge on any atom is 0.123 e. The second-order valence-electron chi connectivity index (χ2n) is 5.71. The first-order valence-corrected chi connectivity index (χ1v) is 7.39. The van der Waals surface area contributed by atoms with Crippen molar-refractivity contribution in [2.45, 2.75) is 45.3 Å². The molecule has 1 aliphatic rings. The highest BCUT2D eigenvalue weighted by atomic mass is 19.1. The molecule has 1 N–H and O–H groups in total. The molecule has 0 saturated heterocycles. The van der Waals surface area contributed by atoms with E-state index in [1.54, 1.807) is 13.2 Å². The SMILES string of the molecule is COCCN(c1ccc(F)cc1CNC1CC1)C(C)C. The molecule has 1 fully saturated rings. The quantitative estimate of drug-likeness (QED) is 0.792. The summed E-state index contributed by atoms with van der Waals surface area (Å²) in [6, 6.07) is 6.05. The van der Waals surface area contributed by atoms with Crippen molar-refractivity contribution in [3.8, 4) is 0 Å². The van der Waals surface area contributed by atoms with Gasteiger partial charge >= 0.3 is 0 Å². The molecule has 1 aromatic carbocycles. The number of benzene rings is 1. The molecule has 0 heterocycles. The first-order chi connectivity index (χ1) is 9.61. The number of hydrogen-bond donors (Lipinski definition) is 1. The maximum absolute atomic E-state index is 13.5. The van der Waals surface area contributed by atoms with E-state index in [0.717, 1.165) is 24.3 Å². The lowest BCUT2D eigenvalue weighted by Gasteiger charge is -2.31. The smallest absolute Gasteiger partial charge is 0.123 e. The van der Waals surface area contributed by atoms with E-state index >= 15 is 0 Å². The van der Waals surface area contributed by atoms with Gasteiger partial charge in [0.05, 0.1) is 6.61 Å². The normalized spacial score (nSPS) is 14.8. The summed E-state index contributed by atoms with van der Waals surface area (Å²) in [6.07, 6.45) is 2.48. The van der Waals surface area contributed by atoms with E-state index in [9.17, 15) is 4.39 Å². The lowest BCUT2D eigenvalue weighted by Crippen LogP contribution is -2.35. The van der Waals surface area contributed by atoms with Crippen LogP contribution < -0.4 is 10.2 Å². The summed E-state index contributed by atoms with van der Waals surface area (Å²) >= 11 is 0. The van der Waals surface area contributed by atoms with Crippen LogP contribution in [0.2, 0.25) is 0 Å². The monoisotopic (exact) mass is 280 g/mol. The van der Waals surface area contributed by atoms with Gasteiger partial charge in [-0.3, -0.25) is 0 Å². The van der Waals surface area contributed by atoms with Gasteiger partial charge in [-0.25, -0.2) is 4.39 Å². The highest BCUT2D eigenvalue weighted by Gasteiger charge is 2.21. The van der Waals surface area contributed by atoms with Gasteiger partial charge in [0.15, 0.2) is 0 Å². The zero-order chi connectivity index (χ0) is 14.5. The molecule has 20 heavy (non-hydrogen) atoms. The van der Waals surface area contributed by atoms with Crippen LogP contribution in [0.25, 0.3) is 0 Å². The molecule has 0 spiro atoms. The highest BCUT2D eigenvalue weighted by molar-refractivity contribution is 5.54. The zero-order valence-corrected chi connectivity index (χ0v) is 12.7. The summed E-state index contributed by atoms with van der Waals surface area (Å²) in [7, 11) is 1.71. The van der Waals surface area contributed by atoms with E-state index in [1.807, 2.05) is 6.07 Å².